The number of rotatable bonds is 5. The first-order chi connectivity index (χ1) is 12.3. The Morgan fingerprint density at radius 1 is 1.16 bits per heavy atom. The van der Waals surface area contributed by atoms with Gasteiger partial charge in [-0.1, -0.05) is 0 Å². The zero-order chi connectivity index (χ0) is 17.1. The molecule has 0 aliphatic carbocycles. The monoisotopic (exact) mass is 352 g/mol. The van der Waals surface area contributed by atoms with E-state index in [1.165, 1.54) is 17.8 Å². The van der Waals surface area contributed by atoms with Gasteiger partial charge in [0, 0.05) is 41.6 Å². The van der Waals surface area contributed by atoms with E-state index >= 15 is 0 Å². The maximum atomic E-state index is 5.19. The SMILES string of the molecule is COc1ccc(-c2ncc(CN3CCC[C@@H]3c3nccs3)cn2)cc1. The lowest BCUT2D eigenvalue weighted by atomic mass is 10.2. The Hall–Kier alpha value is -2.31. The lowest BCUT2D eigenvalue weighted by molar-refractivity contribution is 0.247. The molecular formula is C19H20N4OS. The van der Waals surface area contributed by atoms with Crippen LogP contribution in [0.4, 0.5) is 0 Å². The third-order valence-corrected chi connectivity index (χ3v) is 5.42. The van der Waals surface area contributed by atoms with Gasteiger partial charge in [-0.15, -0.1) is 11.3 Å². The van der Waals surface area contributed by atoms with Gasteiger partial charge in [-0.2, -0.15) is 0 Å². The fourth-order valence-electron chi connectivity index (χ4n) is 3.25. The van der Waals surface area contributed by atoms with Gasteiger partial charge in [0.2, 0.25) is 0 Å². The average molecular weight is 352 g/mol. The summed E-state index contributed by atoms with van der Waals surface area (Å²) >= 11 is 1.74. The second-order valence-corrected chi connectivity index (χ2v) is 7.07. The minimum Gasteiger partial charge on any atom is -0.497 e. The summed E-state index contributed by atoms with van der Waals surface area (Å²) in [5, 5.41) is 3.27. The van der Waals surface area contributed by atoms with Gasteiger partial charge in [0.1, 0.15) is 10.8 Å². The minimum atomic E-state index is 0.432. The normalized spacial score (nSPS) is 17.7. The summed E-state index contributed by atoms with van der Waals surface area (Å²) in [4.78, 5) is 16.1. The molecule has 3 heterocycles. The van der Waals surface area contributed by atoms with Gasteiger partial charge in [-0.05, 0) is 43.7 Å². The molecule has 0 N–H and O–H groups in total. The van der Waals surface area contributed by atoms with Crippen LogP contribution in [0.15, 0.2) is 48.2 Å². The largest absolute Gasteiger partial charge is 0.497 e. The summed E-state index contributed by atoms with van der Waals surface area (Å²) in [6.07, 6.45) is 8.16. The molecule has 1 fully saturated rings. The Kier molecular flexibility index (Phi) is 4.72. The van der Waals surface area contributed by atoms with Crippen LogP contribution in [0.3, 0.4) is 0 Å². The molecule has 1 aliphatic rings. The van der Waals surface area contributed by atoms with Crippen molar-refractivity contribution in [2.24, 2.45) is 0 Å². The van der Waals surface area contributed by atoms with Gasteiger partial charge in [0.05, 0.1) is 13.2 Å². The highest BCUT2D eigenvalue weighted by atomic mass is 32.1. The second kappa shape index (κ2) is 7.29. The fraction of sp³-hybridized carbons (Fsp3) is 0.316. The number of hydrogen-bond donors (Lipinski definition) is 0. The van der Waals surface area contributed by atoms with E-state index in [2.05, 4.69) is 25.2 Å². The number of nitrogens with zero attached hydrogens (tertiary/aromatic N) is 4. The van der Waals surface area contributed by atoms with E-state index in [1.807, 2.05) is 42.9 Å². The molecule has 0 radical (unpaired) electrons. The predicted molar refractivity (Wildman–Crippen MR) is 98.5 cm³/mol. The van der Waals surface area contributed by atoms with Gasteiger partial charge >= 0.3 is 0 Å². The van der Waals surface area contributed by atoms with E-state index in [9.17, 15) is 0 Å². The first kappa shape index (κ1) is 16.2. The van der Waals surface area contributed by atoms with E-state index in [0.29, 0.717) is 6.04 Å². The summed E-state index contributed by atoms with van der Waals surface area (Å²) in [5.74, 6) is 1.58. The Balaban J connectivity index is 1.46. The molecule has 0 saturated carbocycles. The van der Waals surface area contributed by atoms with Crippen LogP contribution in [-0.4, -0.2) is 33.5 Å². The van der Waals surface area contributed by atoms with E-state index in [-0.39, 0.29) is 0 Å². The van der Waals surface area contributed by atoms with Crippen molar-refractivity contribution in [2.75, 3.05) is 13.7 Å². The van der Waals surface area contributed by atoms with Crippen LogP contribution in [0.5, 0.6) is 5.75 Å². The fourth-order valence-corrected chi connectivity index (χ4v) is 4.06. The Morgan fingerprint density at radius 3 is 2.64 bits per heavy atom. The number of hydrogen-bond acceptors (Lipinski definition) is 6. The molecule has 2 aromatic heterocycles. The first-order valence-corrected chi connectivity index (χ1v) is 9.30. The molecule has 0 unspecified atom stereocenters. The van der Waals surface area contributed by atoms with Gasteiger partial charge in [0.15, 0.2) is 5.82 Å². The average Bonchev–Trinajstić information content (AvgIpc) is 3.34. The second-order valence-electron chi connectivity index (χ2n) is 6.14. The molecule has 128 valence electrons. The zero-order valence-electron chi connectivity index (χ0n) is 14.1. The molecule has 1 aliphatic heterocycles. The van der Waals surface area contributed by atoms with Crippen LogP contribution < -0.4 is 4.74 Å². The highest BCUT2D eigenvalue weighted by Gasteiger charge is 2.27. The van der Waals surface area contributed by atoms with Gasteiger partial charge in [0.25, 0.3) is 0 Å². The number of ether oxygens (including phenoxy) is 1. The summed E-state index contributed by atoms with van der Waals surface area (Å²) in [5.41, 5.74) is 2.13. The molecule has 1 atom stereocenters. The zero-order valence-corrected chi connectivity index (χ0v) is 14.9. The number of benzene rings is 1. The van der Waals surface area contributed by atoms with Gasteiger partial charge in [-0.3, -0.25) is 4.90 Å². The van der Waals surface area contributed by atoms with Crippen LogP contribution in [0.1, 0.15) is 29.5 Å². The molecule has 6 heteroatoms. The van der Waals surface area contributed by atoms with E-state index in [1.54, 1.807) is 18.4 Å². The summed E-state index contributed by atoms with van der Waals surface area (Å²) in [7, 11) is 1.66. The Morgan fingerprint density at radius 2 is 1.96 bits per heavy atom. The minimum absolute atomic E-state index is 0.432. The lowest BCUT2D eigenvalue weighted by Crippen LogP contribution is -2.22. The van der Waals surface area contributed by atoms with Crippen molar-refractivity contribution in [2.45, 2.75) is 25.4 Å². The van der Waals surface area contributed by atoms with Crippen LogP contribution in [0.25, 0.3) is 11.4 Å². The molecule has 0 amide bonds. The molecule has 5 nitrogen and oxygen atoms in total. The van der Waals surface area contributed by atoms with Crippen molar-refractivity contribution >= 4 is 11.3 Å². The molecule has 4 rings (SSSR count). The quantitative estimate of drug-likeness (QED) is 0.696. The molecular weight excluding hydrogens is 332 g/mol. The van der Waals surface area contributed by atoms with Gasteiger partial charge < -0.3 is 4.74 Å². The van der Waals surface area contributed by atoms with Crippen molar-refractivity contribution < 1.29 is 4.74 Å². The van der Waals surface area contributed by atoms with E-state index in [4.69, 9.17) is 4.74 Å². The standard InChI is InChI=1S/C19H20N4OS/c1-24-16-6-4-15(5-7-16)18-21-11-14(12-22-18)13-23-9-2-3-17(23)19-20-8-10-25-19/h4-8,10-12,17H,2-3,9,13H2,1H3/t17-/m1/s1. The maximum absolute atomic E-state index is 5.19. The molecule has 0 bridgehead atoms. The highest BCUT2D eigenvalue weighted by molar-refractivity contribution is 7.09. The summed E-state index contributed by atoms with van der Waals surface area (Å²) in [6.45, 7) is 1.97. The highest BCUT2D eigenvalue weighted by Crippen LogP contribution is 2.34. The maximum Gasteiger partial charge on any atom is 0.159 e. The van der Waals surface area contributed by atoms with Crippen molar-refractivity contribution in [3.05, 3.63) is 58.8 Å². The Labute approximate surface area is 151 Å². The number of aromatic nitrogens is 3. The Bertz CT molecular complexity index is 802. The molecule has 3 aromatic rings. The van der Waals surface area contributed by atoms with Gasteiger partial charge in [-0.25, -0.2) is 15.0 Å². The lowest BCUT2D eigenvalue weighted by Gasteiger charge is -2.22. The molecule has 25 heavy (non-hydrogen) atoms. The molecule has 0 spiro atoms. The smallest absolute Gasteiger partial charge is 0.159 e. The molecule has 1 aromatic carbocycles. The summed E-state index contributed by atoms with van der Waals surface area (Å²) < 4.78 is 5.19. The molecule has 1 saturated heterocycles. The van der Waals surface area contributed by atoms with Crippen molar-refractivity contribution in [3.63, 3.8) is 0 Å². The number of thiazole rings is 1. The predicted octanol–water partition coefficient (Wildman–Crippen LogP) is 3.95. The first-order valence-electron chi connectivity index (χ1n) is 8.42. The number of likely N-dealkylation sites (tertiary alicyclic amines) is 1. The third-order valence-electron chi connectivity index (χ3n) is 4.54. The van der Waals surface area contributed by atoms with Crippen LogP contribution >= 0.6 is 11.3 Å². The van der Waals surface area contributed by atoms with Crippen molar-refractivity contribution in [1.82, 2.24) is 19.9 Å². The van der Waals surface area contributed by atoms with Crippen LogP contribution in [0, 0.1) is 0 Å². The van der Waals surface area contributed by atoms with Crippen molar-refractivity contribution in [1.29, 1.82) is 0 Å². The van der Waals surface area contributed by atoms with E-state index < -0.39 is 0 Å². The van der Waals surface area contributed by atoms with Crippen molar-refractivity contribution in [3.8, 4) is 17.1 Å². The number of methoxy groups -OCH3 is 1. The van der Waals surface area contributed by atoms with Crippen LogP contribution in [-0.2, 0) is 6.54 Å². The third kappa shape index (κ3) is 3.55. The topological polar surface area (TPSA) is 51.1 Å². The van der Waals surface area contributed by atoms with E-state index in [0.717, 1.165) is 35.8 Å². The summed E-state index contributed by atoms with van der Waals surface area (Å²) in [6, 6.07) is 8.24. The van der Waals surface area contributed by atoms with Crippen LogP contribution in [0.2, 0.25) is 0 Å².